The number of aryl methyl sites for hydroxylation is 1. The molecular formula is C23H25N3O3. The van der Waals surface area contributed by atoms with Gasteiger partial charge in [-0.3, -0.25) is 14.5 Å². The van der Waals surface area contributed by atoms with Crippen LogP contribution in [-0.2, 0) is 9.59 Å². The highest BCUT2D eigenvalue weighted by molar-refractivity contribution is 6.09. The highest BCUT2D eigenvalue weighted by atomic mass is 16.2. The number of carbonyl (C=O) groups is 3. The molecule has 1 atom stereocenters. The Hall–Kier alpha value is -3.15. The Kier molecular flexibility index (Phi) is 5.09. The molecule has 1 aliphatic heterocycles. The first-order valence-corrected chi connectivity index (χ1v) is 10.0. The number of carbonyl (C=O) groups excluding carboxylic acids is 3. The molecule has 1 aliphatic carbocycles. The third kappa shape index (κ3) is 3.75. The number of amides is 4. The number of imide groups is 1. The van der Waals surface area contributed by atoms with E-state index >= 15 is 0 Å². The lowest BCUT2D eigenvalue weighted by molar-refractivity contribution is -0.135. The van der Waals surface area contributed by atoms with Crippen molar-refractivity contribution in [3.8, 4) is 0 Å². The van der Waals surface area contributed by atoms with E-state index in [1.54, 1.807) is 0 Å². The van der Waals surface area contributed by atoms with Crippen LogP contribution in [0.25, 0.3) is 0 Å². The van der Waals surface area contributed by atoms with Gasteiger partial charge in [-0.2, -0.15) is 0 Å². The Morgan fingerprint density at radius 1 is 1.03 bits per heavy atom. The first-order valence-electron chi connectivity index (χ1n) is 10.0. The van der Waals surface area contributed by atoms with E-state index in [0.717, 1.165) is 34.4 Å². The number of rotatable bonds is 5. The topological polar surface area (TPSA) is 78.5 Å². The third-order valence-electron chi connectivity index (χ3n) is 5.85. The van der Waals surface area contributed by atoms with E-state index < -0.39 is 11.6 Å². The van der Waals surface area contributed by atoms with Gasteiger partial charge in [0.2, 0.25) is 5.91 Å². The van der Waals surface area contributed by atoms with Gasteiger partial charge in [-0.15, -0.1) is 0 Å². The van der Waals surface area contributed by atoms with Gasteiger partial charge in [-0.05, 0) is 30.9 Å². The minimum Gasteiger partial charge on any atom is -0.344 e. The molecule has 0 radical (unpaired) electrons. The quantitative estimate of drug-likeness (QED) is 0.769. The van der Waals surface area contributed by atoms with Gasteiger partial charge in [0.1, 0.15) is 12.1 Å². The van der Waals surface area contributed by atoms with Gasteiger partial charge in [-0.1, -0.05) is 73.0 Å². The highest BCUT2D eigenvalue weighted by Gasteiger charge is 2.52. The zero-order chi connectivity index (χ0) is 20.4. The van der Waals surface area contributed by atoms with Crippen molar-refractivity contribution in [3.05, 3.63) is 71.3 Å². The Labute approximate surface area is 170 Å². The second-order valence-corrected chi connectivity index (χ2v) is 7.93. The van der Waals surface area contributed by atoms with Crippen LogP contribution in [0.3, 0.4) is 0 Å². The second-order valence-electron chi connectivity index (χ2n) is 7.93. The molecule has 6 nitrogen and oxygen atoms in total. The summed E-state index contributed by atoms with van der Waals surface area (Å²) in [6, 6.07) is 16.8. The first-order chi connectivity index (χ1) is 14.0. The standard InChI is InChI=1S/C23H25N3O3/c1-16-9-11-18(12-10-16)20(17-7-3-2-4-8-17)24-19(27)15-26-21(28)23(25-22(26)29)13-5-6-14-23/h2-4,7-12,20H,5-6,13-15H2,1H3,(H,24,27)(H,25,29)/t20-/m1/s1. The molecular weight excluding hydrogens is 366 g/mol. The SMILES string of the molecule is Cc1ccc([C@H](NC(=O)CN2C(=O)NC3(CCCC3)C2=O)c2ccccc2)cc1. The Bertz CT molecular complexity index is 918. The molecule has 4 amide bonds. The molecule has 0 unspecified atom stereocenters. The van der Waals surface area contributed by atoms with Crippen LogP contribution in [0.4, 0.5) is 4.79 Å². The molecule has 1 spiro atoms. The first kappa shape index (κ1) is 19.2. The molecule has 2 fully saturated rings. The molecule has 6 heteroatoms. The second kappa shape index (κ2) is 7.70. The Morgan fingerprint density at radius 2 is 1.66 bits per heavy atom. The molecule has 2 N–H and O–H groups in total. The van der Waals surface area contributed by atoms with Crippen LogP contribution < -0.4 is 10.6 Å². The van der Waals surface area contributed by atoms with E-state index in [4.69, 9.17) is 0 Å². The van der Waals surface area contributed by atoms with Crippen molar-refractivity contribution >= 4 is 17.8 Å². The van der Waals surface area contributed by atoms with Crippen LogP contribution in [0.5, 0.6) is 0 Å². The summed E-state index contributed by atoms with van der Waals surface area (Å²) in [5, 5.41) is 5.82. The summed E-state index contributed by atoms with van der Waals surface area (Å²) in [7, 11) is 0. The summed E-state index contributed by atoms with van der Waals surface area (Å²) in [6.45, 7) is 1.73. The summed E-state index contributed by atoms with van der Waals surface area (Å²) < 4.78 is 0. The summed E-state index contributed by atoms with van der Waals surface area (Å²) in [4.78, 5) is 39.0. The molecule has 1 saturated carbocycles. The van der Waals surface area contributed by atoms with Gasteiger partial charge in [0.25, 0.3) is 5.91 Å². The van der Waals surface area contributed by atoms with Crippen LogP contribution >= 0.6 is 0 Å². The van der Waals surface area contributed by atoms with Gasteiger partial charge in [-0.25, -0.2) is 4.79 Å². The van der Waals surface area contributed by atoms with Crippen molar-refractivity contribution < 1.29 is 14.4 Å². The highest BCUT2D eigenvalue weighted by Crippen LogP contribution is 2.35. The Balaban J connectivity index is 1.52. The minimum atomic E-state index is -0.798. The maximum absolute atomic E-state index is 12.8. The number of hydrogen-bond donors (Lipinski definition) is 2. The van der Waals surface area contributed by atoms with E-state index in [9.17, 15) is 14.4 Å². The minimum absolute atomic E-state index is 0.276. The van der Waals surface area contributed by atoms with Gasteiger partial charge in [0, 0.05) is 0 Å². The molecule has 150 valence electrons. The number of nitrogens with zero attached hydrogens (tertiary/aromatic N) is 1. The molecule has 2 aliphatic rings. The maximum Gasteiger partial charge on any atom is 0.325 e. The van der Waals surface area contributed by atoms with E-state index in [0.29, 0.717) is 12.8 Å². The van der Waals surface area contributed by atoms with Crippen molar-refractivity contribution in [2.24, 2.45) is 0 Å². The van der Waals surface area contributed by atoms with Crippen LogP contribution in [0.15, 0.2) is 54.6 Å². The van der Waals surface area contributed by atoms with Gasteiger partial charge >= 0.3 is 6.03 Å². The van der Waals surface area contributed by atoms with E-state index in [2.05, 4.69) is 10.6 Å². The monoisotopic (exact) mass is 391 g/mol. The van der Waals surface area contributed by atoms with Crippen molar-refractivity contribution in [1.29, 1.82) is 0 Å². The van der Waals surface area contributed by atoms with Crippen molar-refractivity contribution in [1.82, 2.24) is 15.5 Å². The van der Waals surface area contributed by atoms with Crippen LogP contribution in [0.1, 0.15) is 48.4 Å². The molecule has 0 bridgehead atoms. The number of benzene rings is 2. The normalized spacial score (nSPS) is 18.7. The fourth-order valence-electron chi connectivity index (χ4n) is 4.25. The Morgan fingerprint density at radius 3 is 2.31 bits per heavy atom. The number of hydrogen-bond acceptors (Lipinski definition) is 3. The molecule has 1 heterocycles. The van der Waals surface area contributed by atoms with Crippen LogP contribution in [0.2, 0.25) is 0 Å². The van der Waals surface area contributed by atoms with E-state index in [1.807, 2.05) is 61.5 Å². The van der Waals surface area contributed by atoms with Crippen LogP contribution in [0, 0.1) is 6.92 Å². The predicted octanol–water partition coefficient (Wildman–Crippen LogP) is 3.07. The fraction of sp³-hybridized carbons (Fsp3) is 0.348. The lowest BCUT2D eigenvalue weighted by atomic mass is 9.97. The fourth-order valence-corrected chi connectivity index (χ4v) is 4.25. The lowest BCUT2D eigenvalue weighted by Crippen LogP contribution is -2.45. The van der Waals surface area contributed by atoms with Gasteiger partial charge < -0.3 is 10.6 Å². The molecule has 29 heavy (non-hydrogen) atoms. The summed E-state index contributed by atoms with van der Waals surface area (Å²) in [5.41, 5.74) is 2.22. The number of urea groups is 1. The predicted molar refractivity (Wildman–Crippen MR) is 109 cm³/mol. The molecule has 4 rings (SSSR count). The summed E-state index contributed by atoms with van der Waals surface area (Å²) in [6.07, 6.45) is 3.11. The average Bonchev–Trinajstić information content (AvgIpc) is 3.28. The zero-order valence-corrected chi connectivity index (χ0v) is 16.5. The third-order valence-corrected chi connectivity index (χ3v) is 5.85. The van der Waals surface area contributed by atoms with Gasteiger partial charge in [0.05, 0.1) is 6.04 Å². The molecule has 1 saturated heterocycles. The summed E-state index contributed by atoms with van der Waals surface area (Å²) >= 11 is 0. The van der Waals surface area contributed by atoms with Crippen molar-refractivity contribution in [3.63, 3.8) is 0 Å². The van der Waals surface area contributed by atoms with Crippen molar-refractivity contribution in [2.45, 2.75) is 44.2 Å². The largest absolute Gasteiger partial charge is 0.344 e. The zero-order valence-electron chi connectivity index (χ0n) is 16.5. The lowest BCUT2D eigenvalue weighted by Gasteiger charge is -2.22. The van der Waals surface area contributed by atoms with E-state index in [1.165, 1.54) is 0 Å². The molecule has 2 aromatic rings. The van der Waals surface area contributed by atoms with E-state index in [-0.39, 0.29) is 24.4 Å². The average molecular weight is 391 g/mol. The van der Waals surface area contributed by atoms with Crippen molar-refractivity contribution in [2.75, 3.05) is 6.54 Å². The van der Waals surface area contributed by atoms with Crippen LogP contribution in [-0.4, -0.2) is 34.8 Å². The maximum atomic E-state index is 12.8. The number of nitrogens with one attached hydrogen (secondary N) is 2. The molecule has 0 aromatic heterocycles. The summed E-state index contributed by atoms with van der Waals surface area (Å²) in [5.74, 6) is -0.639. The molecule has 2 aromatic carbocycles. The van der Waals surface area contributed by atoms with Gasteiger partial charge in [0.15, 0.2) is 0 Å². The smallest absolute Gasteiger partial charge is 0.325 e.